The highest BCUT2D eigenvalue weighted by Gasteiger charge is 1.98. The molecule has 0 atom stereocenters. The molecule has 1 rings (SSSR count). The Labute approximate surface area is 123 Å². The lowest BCUT2D eigenvalue weighted by atomic mass is 10.0. The van der Waals surface area contributed by atoms with Crippen LogP contribution in [-0.4, -0.2) is 23.1 Å². The largest absolute Gasteiger partial charge is 0.369 e. The SMILES string of the molecule is CCCNc1cncc(NCCCCCCC(C)C)n1. The van der Waals surface area contributed by atoms with Crippen molar-refractivity contribution in [3.8, 4) is 0 Å². The number of anilines is 2. The lowest BCUT2D eigenvalue weighted by Crippen LogP contribution is -2.07. The van der Waals surface area contributed by atoms with E-state index in [1.54, 1.807) is 12.4 Å². The Kier molecular flexibility index (Phi) is 8.76. The summed E-state index contributed by atoms with van der Waals surface area (Å²) in [5, 5.41) is 6.60. The maximum Gasteiger partial charge on any atom is 0.146 e. The molecule has 0 amide bonds. The molecular weight excluding hydrogens is 248 g/mol. The van der Waals surface area contributed by atoms with Gasteiger partial charge in [0.2, 0.25) is 0 Å². The first-order valence-corrected chi connectivity index (χ1v) is 8.02. The van der Waals surface area contributed by atoms with Gasteiger partial charge in [-0.1, -0.05) is 46.5 Å². The minimum atomic E-state index is 0.835. The molecule has 0 saturated heterocycles. The molecule has 0 bridgehead atoms. The molecule has 0 aliphatic heterocycles. The number of rotatable bonds is 11. The van der Waals surface area contributed by atoms with Crippen LogP contribution in [0.15, 0.2) is 12.4 Å². The summed E-state index contributed by atoms with van der Waals surface area (Å²) in [5.41, 5.74) is 0. The van der Waals surface area contributed by atoms with Crippen molar-refractivity contribution in [2.45, 2.75) is 59.3 Å². The van der Waals surface area contributed by atoms with E-state index in [-0.39, 0.29) is 0 Å². The maximum absolute atomic E-state index is 4.48. The van der Waals surface area contributed by atoms with Crippen molar-refractivity contribution in [3.63, 3.8) is 0 Å². The van der Waals surface area contributed by atoms with Crippen LogP contribution in [0.3, 0.4) is 0 Å². The smallest absolute Gasteiger partial charge is 0.146 e. The van der Waals surface area contributed by atoms with Gasteiger partial charge in [0, 0.05) is 13.1 Å². The fourth-order valence-corrected chi connectivity index (χ4v) is 2.04. The number of unbranched alkanes of at least 4 members (excludes halogenated alkanes) is 3. The van der Waals surface area contributed by atoms with Crippen molar-refractivity contribution in [2.24, 2.45) is 5.92 Å². The highest BCUT2D eigenvalue weighted by Crippen LogP contribution is 2.10. The zero-order chi connectivity index (χ0) is 14.6. The molecule has 0 aliphatic rings. The van der Waals surface area contributed by atoms with Crippen molar-refractivity contribution in [2.75, 3.05) is 23.7 Å². The van der Waals surface area contributed by atoms with Gasteiger partial charge in [-0.25, -0.2) is 4.98 Å². The van der Waals surface area contributed by atoms with Crippen LogP contribution in [0.4, 0.5) is 11.6 Å². The number of aromatic nitrogens is 2. The van der Waals surface area contributed by atoms with Gasteiger partial charge in [-0.2, -0.15) is 0 Å². The summed E-state index contributed by atoms with van der Waals surface area (Å²) in [4.78, 5) is 8.68. The summed E-state index contributed by atoms with van der Waals surface area (Å²) >= 11 is 0. The highest BCUT2D eigenvalue weighted by molar-refractivity contribution is 5.41. The molecule has 1 heterocycles. The predicted molar refractivity (Wildman–Crippen MR) is 87.2 cm³/mol. The highest BCUT2D eigenvalue weighted by atomic mass is 15.1. The number of nitrogens with one attached hydrogen (secondary N) is 2. The first kappa shape index (κ1) is 16.7. The summed E-state index contributed by atoms with van der Waals surface area (Å²) < 4.78 is 0. The van der Waals surface area contributed by atoms with E-state index in [1.807, 2.05) is 0 Å². The van der Waals surface area contributed by atoms with Crippen molar-refractivity contribution in [1.29, 1.82) is 0 Å². The Morgan fingerprint density at radius 3 is 2.25 bits per heavy atom. The van der Waals surface area contributed by atoms with Crippen LogP contribution >= 0.6 is 0 Å². The fourth-order valence-electron chi connectivity index (χ4n) is 2.04. The minimum absolute atomic E-state index is 0.835. The standard InChI is InChI=1S/C16H30N4/c1-4-10-18-15-12-17-13-16(20-15)19-11-8-6-5-7-9-14(2)3/h12-14H,4-11H2,1-3H3,(H2,18,19,20). The minimum Gasteiger partial charge on any atom is -0.369 e. The average Bonchev–Trinajstić information content (AvgIpc) is 2.44. The lowest BCUT2D eigenvalue weighted by Gasteiger charge is -2.08. The molecule has 0 aliphatic carbocycles. The predicted octanol–water partition coefficient (Wildman–Crippen LogP) is 4.32. The molecule has 1 aromatic rings. The monoisotopic (exact) mass is 278 g/mol. The van der Waals surface area contributed by atoms with Crippen LogP contribution in [0, 0.1) is 5.92 Å². The van der Waals surface area contributed by atoms with Gasteiger partial charge in [-0.15, -0.1) is 0 Å². The molecule has 4 nitrogen and oxygen atoms in total. The molecule has 2 N–H and O–H groups in total. The molecule has 0 radical (unpaired) electrons. The van der Waals surface area contributed by atoms with Gasteiger partial charge in [-0.05, 0) is 18.8 Å². The molecule has 1 aromatic heterocycles. The third-order valence-corrected chi connectivity index (χ3v) is 3.21. The average molecular weight is 278 g/mol. The second-order valence-corrected chi connectivity index (χ2v) is 5.74. The van der Waals surface area contributed by atoms with Crippen LogP contribution in [-0.2, 0) is 0 Å². The van der Waals surface area contributed by atoms with Gasteiger partial charge >= 0.3 is 0 Å². The van der Waals surface area contributed by atoms with Crippen molar-refractivity contribution in [3.05, 3.63) is 12.4 Å². The molecule has 0 fully saturated rings. The summed E-state index contributed by atoms with van der Waals surface area (Å²) in [6, 6.07) is 0. The van der Waals surface area contributed by atoms with Gasteiger partial charge in [-0.3, -0.25) is 4.98 Å². The number of hydrogen-bond acceptors (Lipinski definition) is 4. The molecule has 0 unspecified atom stereocenters. The molecule has 0 saturated carbocycles. The topological polar surface area (TPSA) is 49.8 Å². The summed E-state index contributed by atoms with van der Waals surface area (Å²) in [7, 11) is 0. The van der Waals surface area contributed by atoms with E-state index in [9.17, 15) is 0 Å². The van der Waals surface area contributed by atoms with Crippen molar-refractivity contribution in [1.82, 2.24) is 9.97 Å². The van der Waals surface area contributed by atoms with E-state index in [4.69, 9.17) is 0 Å². The van der Waals surface area contributed by atoms with E-state index >= 15 is 0 Å². The van der Waals surface area contributed by atoms with Crippen molar-refractivity contribution < 1.29 is 0 Å². The van der Waals surface area contributed by atoms with Crippen LogP contribution in [0.2, 0.25) is 0 Å². The van der Waals surface area contributed by atoms with E-state index in [1.165, 1.54) is 32.1 Å². The van der Waals surface area contributed by atoms with Gasteiger partial charge in [0.25, 0.3) is 0 Å². The van der Waals surface area contributed by atoms with Crippen molar-refractivity contribution >= 4 is 11.6 Å². The number of hydrogen-bond donors (Lipinski definition) is 2. The molecule has 20 heavy (non-hydrogen) atoms. The Hall–Kier alpha value is -1.32. The third kappa shape index (κ3) is 7.97. The lowest BCUT2D eigenvalue weighted by molar-refractivity contribution is 0.523. The molecule has 4 heteroatoms. The van der Waals surface area contributed by atoms with Crippen LogP contribution in [0.1, 0.15) is 59.3 Å². The van der Waals surface area contributed by atoms with E-state index in [2.05, 4.69) is 41.4 Å². The number of nitrogens with zero attached hydrogens (tertiary/aromatic N) is 2. The second-order valence-electron chi connectivity index (χ2n) is 5.74. The Bertz CT molecular complexity index is 352. The molecule has 114 valence electrons. The quantitative estimate of drug-likeness (QED) is 0.592. The van der Waals surface area contributed by atoms with Gasteiger partial charge in [0.1, 0.15) is 11.6 Å². The van der Waals surface area contributed by atoms with E-state index in [0.29, 0.717) is 0 Å². The zero-order valence-electron chi connectivity index (χ0n) is 13.3. The summed E-state index contributed by atoms with van der Waals surface area (Å²) in [5.74, 6) is 2.56. The van der Waals surface area contributed by atoms with Gasteiger partial charge in [0.15, 0.2) is 0 Å². The van der Waals surface area contributed by atoms with Gasteiger partial charge in [0.05, 0.1) is 12.4 Å². The molecule has 0 aromatic carbocycles. The first-order valence-electron chi connectivity index (χ1n) is 8.02. The van der Waals surface area contributed by atoms with E-state index in [0.717, 1.165) is 37.1 Å². The first-order chi connectivity index (χ1) is 9.72. The summed E-state index contributed by atoms with van der Waals surface area (Å²) in [6.07, 6.45) is 11.2. The Balaban J connectivity index is 2.12. The van der Waals surface area contributed by atoms with E-state index < -0.39 is 0 Å². The molecule has 0 spiro atoms. The van der Waals surface area contributed by atoms with Crippen LogP contribution < -0.4 is 10.6 Å². The van der Waals surface area contributed by atoms with Crippen LogP contribution in [0.5, 0.6) is 0 Å². The fraction of sp³-hybridized carbons (Fsp3) is 0.750. The summed E-state index contributed by atoms with van der Waals surface area (Å²) in [6.45, 7) is 8.64. The Morgan fingerprint density at radius 1 is 0.950 bits per heavy atom. The Morgan fingerprint density at radius 2 is 1.60 bits per heavy atom. The third-order valence-electron chi connectivity index (χ3n) is 3.21. The zero-order valence-corrected chi connectivity index (χ0v) is 13.3. The normalized spacial score (nSPS) is 10.8. The maximum atomic E-state index is 4.48. The van der Waals surface area contributed by atoms with Gasteiger partial charge < -0.3 is 10.6 Å². The van der Waals surface area contributed by atoms with Crippen LogP contribution in [0.25, 0.3) is 0 Å². The molecular formula is C16H30N4. The second kappa shape index (κ2) is 10.5.